The molecule has 0 aromatic carbocycles. The Hall–Kier alpha value is -1.33. The van der Waals surface area contributed by atoms with E-state index < -0.39 is 0 Å². The topological polar surface area (TPSA) is 48.8 Å². The first-order valence-corrected chi connectivity index (χ1v) is 9.30. The third-order valence-corrected chi connectivity index (χ3v) is 5.66. The molecule has 0 bridgehead atoms. The minimum atomic E-state index is -0.284. The molecule has 3 rings (SSSR count). The maximum Gasteiger partial charge on any atom is 0.140 e. The van der Waals surface area contributed by atoms with Crippen LogP contribution in [0.5, 0.6) is 5.75 Å². The van der Waals surface area contributed by atoms with Crippen LogP contribution in [0.25, 0.3) is 0 Å². The van der Waals surface area contributed by atoms with E-state index in [0.717, 1.165) is 36.9 Å². The van der Waals surface area contributed by atoms with Crippen molar-refractivity contribution in [3.8, 4) is 5.75 Å². The molecule has 1 aliphatic heterocycles. The molecule has 134 valence electrons. The summed E-state index contributed by atoms with van der Waals surface area (Å²) >= 11 is 0. The Kier molecular flexibility index (Phi) is 5.61. The van der Waals surface area contributed by atoms with Crippen molar-refractivity contribution in [3.63, 3.8) is 0 Å². The van der Waals surface area contributed by atoms with E-state index in [2.05, 4.69) is 21.7 Å². The van der Waals surface area contributed by atoms with Gasteiger partial charge in [0.25, 0.3) is 0 Å². The standard InChI is InChI=1S/C19H31N3O2/c1-14-13-21(18-10-9-17(24-3)15(2)20-18)11-12-22(14)19(23)16-7-5-4-6-8-16/h9-10,14,16,19,23H,4-8,11-13H2,1-3H3. The summed E-state index contributed by atoms with van der Waals surface area (Å²) in [5.41, 5.74) is 0.923. The maximum absolute atomic E-state index is 10.8. The van der Waals surface area contributed by atoms with Crippen molar-refractivity contribution in [2.24, 2.45) is 5.92 Å². The van der Waals surface area contributed by atoms with Crippen LogP contribution in [0.2, 0.25) is 0 Å². The number of nitrogens with zero attached hydrogens (tertiary/aromatic N) is 3. The monoisotopic (exact) mass is 333 g/mol. The van der Waals surface area contributed by atoms with E-state index in [9.17, 15) is 5.11 Å². The van der Waals surface area contributed by atoms with E-state index >= 15 is 0 Å². The number of aliphatic hydroxyl groups is 1. The number of pyridine rings is 1. The van der Waals surface area contributed by atoms with Gasteiger partial charge in [-0.15, -0.1) is 0 Å². The molecule has 2 aliphatic rings. The van der Waals surface area contributed by atoms with Crippen LogP contribution in [0, 0.1) is 12.8 Å². The molecule has 1 saturated carbocycles. The van der Waals surface area contributed by atoms with Crippen LogP contribution >= 0.6 is 0 Å². The first-order chi connectivity index (χ1) is 11.6. The van der Waals surface area contributed by atoms with Gasteiger partial charge in [0.1, 0.15) is 17.8 Å². The van der Waals surface area contributed by atoms with Crippen LogP contribution in [0.1, 0.15) is 44.7 Å². The van der Waals surface area contributed by atoms with Crippen LogP contribution in [0.3, 0.4) is 0 Å². The van der Waals surface area contributed by atoms with Gasteiger partial charge in [0.05, 0.1) is 12.8 Å². The average molecular weight is 333 g/mol. The number of rotatable bonds is 4. The molecule has 0 spiro atoms. The lowest BCUT2D eigenvalue weighted by atomic mass is 9.87. The van der Waals surface area contributed by atoms with Gasteiger partial charge in [0.15, 0.2) is 0 Å². The highest BCUT2D eigenvalue weighted by molar-refractivity contribution is 5.44. The van der Waals surface area contributed by atoms with Crippen molar-refractivity contribution < 1.29 is 9.84 Å². The highest BCUT2D eigenvalue weighted by Crippen LogP contribution is 2.30. The zero-order valence-corrected chi connectivity index (χ0v) is 15.2. The summed E-state index contributed by atoms with van der Waals surface area (Å²) in [6, 6.07) is 4.36. The van der Waals surface area contributed by atoms with Gasteiger partial charge in [-0.05, 0) is 44.7 Å². The predicted octanol–water partition coefficient (Wildman–Crippen LogP) is 2.81. The van der Waals surface area contributed by atoms with Gasteiger partial charge in [-0.2, -0.15) is 0 Å². The van der Waals surface area contributed by atoms with Crippen LogP contribution in [0.15, 0.2) is 12.1 Å². The van der Waals surface area contributed by atoms with Crippen molar-refractivity contribution in [2.45, 2.75) is 58.2 Å². The molecule has 0 amide bonds. The van der Waals surface area contributed by atoms with Crippen LogP contribution < -0.4 is 9.64 Å². The quantitative estimate of drug-likeness (QED) is 0.918. The molecule has 5 heteroatoms. The lowest BCUT2D eigenvalue weighted by molar-refractivity contribution is -0.0727. The molecule has 1 aromatic heterocycles. The lowest BCUT2D eigenvalue weighted by Crippen LogP contribution is -2.57. The van der Waals surface area contributed by atoms with E-state index in [4.69, 9.17) is 4.74 Å². The molecule has 2 heterocycles. The van der Waals surface area contributed by atoms with E-state index in [1.165, 1.54) is 32.1 Å². The Morgan fingerprint density at radius 2 is 1.96 bits per heavy atom. The summed E-state index contributed by atoms with van der Waals surface area (Å²) in [4.78, 5) is 9.30. The molecular weight excluding hydrogens is 302 g/mol. The van der Waals surface area contributed by atoms with Gasteiger partial charge >= 0.3 is 0 Å². The molecule has 1 aromatic rings. The SMILES string of the molecule is COc1ccc(N2CCN(C(O)C3CCCCC3)C(C)C2)nc1C. The summed E-state index contributed by atoms with van der Waals surface area (Å²) in [5.74, 6) is 2.29. The first kappa shape index (κ1) is 17.5. The largest absolute Gasteiger partial charge is 0.495 e. The molecular formula is C19H31N3O2. The van der Waals surface area contributed by atoms with E-state index in [1.807, 2.05) is 19.1 Å². The van der Waals surface area contributed by atoms with E-state index in [0.29, 0.717) is 12.0 Å². The maximum atomic E-state index is 10.8. The second kappa shape index (κ2) is 7.70. The number of aromatic nitrogens is 1. The average Bonchev–Trinajstić information content (AvgIpc) is 2.61. The molecule has 2 fully saturated rings. The number of anilines is 1. The predicted molar refractivity (Wildman–Crippen MR) is 96.5 cm³/mol. The summed E-state index contributed by atoms with van der Waals surface area (Å²) in [5, 5.41) is 10.8. The van der Waals surface area contributed by atoms with Crippen molar-refractivity contribution in [1.82, 2.24) is 9.88 Å². The van der Waals surface area contributed by atoms with Crippen LogP contribution in [-0.4, -0.2) is 54.0 Å². The minimum absolute atomic E-state index is 0.284. The second-order valence-electron chi connectivity index (χ2n) is 7.30. The number of hydrogen-bond acceptors (Lipinski definition) is 5. The summed E-state index contributed by atoms with van der Waals surface area (Å²) < 4.78 is 5.30. The molecule has 1 aliphatic carbocycles. The molecule has 5 nitrogen and oxygen atoms in total. The Balaban J connectivity index is 1.63. The van der Waals surface area contributed by atoms with Crippen molar-refractivity contribution in [2.75, 3.05) is 31.6 Å². The van der Waals surface area contributed by atoms with Gasteiger partial charge < -0.3 is 14.7 Å². The lowest BCUT2D eigenvalue weighted by Gasteiger charge is -2.45. The smallest absolute Gasteiger partial charge is 0.140 e. The summed E-state index contributed by atoms with van der Waals surface area (Å²) in [6.07, 6.45) is 5.93. The number of aliphatic hydroxyl groups excluding tert-OH is 1. The molecule has 1 saturated heterocycles. The molecule has 1 N–H and O–H groups in total. The molecule has 0 radical (unpaired) electrons. The highest BCUT2D eigenvalue weighted by Gasteiger charge is 2.33. The molecule has 2 unspecified atom stereocenters. The van der Waals surface area contributed by atoms with Gasteiger partial charge in [-0.3, -0.25) is 4.90 Å². The van der Waals surface area contributed by atoms with E-state index in [1.54, 1.807) is 7.11 Å². The van der Waals surface area contributed by atoms with Gasteiger partial charge in [-0.1, -0.05) is 19.3 Å². The van der Waals surface area contributed by atoms with E-state index in [-0.39, 0.29) is 6.23 Å². The first-order valence-electron chi connectivity index (χ1n) is 9.30. The van der Waals surface area contributed by atoms with Crippen molar-refractivity contribution in [3.05, 3.63) is 17.8 Å². The van der Waals surface area contributed by atoms with Gasteiger partial charge in [-0.25, -0.2) is 4.98 Å². The zero-order valence-electron chi connectivity index (χ0n) is 15.2. The van der Waals surface area contributed by atoms with Crippen molar-refractivity contribution in [1.29, 1.82) is 0 Å². The molecule has 24 heavy (non-hydrogen) atoms. The van der Waals surface area contributed by atoms with Crippen molar-refractivity contribution >= 4 is 5.82 Å². The Bertz CT molecular complexity index is 545. The number of ether oxygens (including phenoxy) is 1. The minimum Gasteiger partial charge on any atom is -0.495 e. The summed E-state index contributed by atoms with van der Waals surface area (Å²) in [6.45, 7) is 6.91. The highest BCUT2D eigenvalue weighted by atomic mass is 16.5. The Labute approximate surface area is 145 Å². The zero-order chi connectivity index (χ0) is 17.1. The number of aryl methyl sites for hydroxylation is 1. The third-order valence-electron chi connectivity index (χ3n) is 5.66. The van der Waals surface area contributed by atoms with Crippen LogP contribution in [0.4, 0.5) is 5.82 Å². The number of hydrogen-bond donors (Lipinski definition) is 1. The Morgan fingerprint density at radius 3 is 2.58 bits per heavy atom. The van der Waals surface area contributed by atoms with Gasteiger partial charge in [0.2, 0.25) is 0 Å². The van der Waals surface area contributed by atoms with Gasteiger partial charge in [0, 0.05) is 25.7 Å². The number of piperazine rings is 1. The third kappa shape index (κ3) is 3.67. The van der Waals surface area contributed by atoms with Crippen LogP contribution in [-0.2, 0) is 0 Å². The fraction of sp³-hybridized carbons (Fsp3) is 0.737. The fourth-order valence-electron chi connectivity index (χ4n) is 4.20. The summed E-state index contributed by atoms with van der Waals surface area (Å²) in [7, 11) is 1.68. The number of methoxy groups -OCH3 is 1. The second-order valence-corrected chi connectivity index (χ2v) is 7.30. The fourth-order valence-corrected chi connectivity index (χ4v) is 4.20. The normalized spacial score (nSPS) is 24.8. The Morgan fingerprint density at radius 1 is 1.21 bits per heavy atom. The molecule has 2 atom stereocenters.